The molecule has 1 nitrogen and oxygen atoms in total. The number of hydrogen-bond acceptors (Lipinski definition) is 2. The molecule has 0 bridgehead atoms. The predicted molar refractivity (Wildman–Crippen MR) is 135 cm³/mol. The van der Waals surface area contributed by atoms with Gasteiger partial charge in [0.25, 0.3) is 0 Å². The van der Waals surface area contributed by atoms with E-state index < -0.39 is 0 Å². The summed E-state index contributed by atoms with van der Waals surface area (Å²) in [6.45, 7) is 18.5. The Kier molecular flexibility index (Phi) is 16.0. The Morgan fingerprint density at radius 3 is 2.00 bits per heavy atom. The van der Waals surface area contributed by atoms with Crippen molar-refractivity contribution in [3.05, 3.63) is 35.9 Å². The lowest BCUT2D eigenvalue weighted by Gasteiger charge is -2.27. The second-order valence-electron chi connectivity index (χ2n) is 9.80. The first-order valence-electron chi connectivity index (χ1n) is 12.1. The Hall–Kier alpha value is -0.470. The van der Waals surface area contributed by atoms with Gasteiger partial charge in [-0.2, -0.15) is 0 Å². The quantitative estimate of drug-likeness (QED) is 0.340. The van der Waals surface area contributed by atoms with Crippen molar-refractivity contribution < 1.29 is 4.74 Å². The van der Waals surface area contributed by atoms with Gasteiger partial charge >= 0.3 is 0 Å². The fourth-order valence-corrected chi connectivity index (χ4v) is 4.19. The molecule has 1 aromatic rings. The summed E-state index contributed by atoms with van der Waals surface area (Å²) in [6.07, 6.45) is 9.27. The monoisotopic (exact) mass is 422 g/mol. The van der Waals surface area contributed by atoms with Crippen molar-refractivity contribution >= 4 is 12.6 Å². The molecule has 0 aromatic heterocycles. The maximum atomic E-state index is 5.71. The maximum Gasteiger partial charge on any atom is 0.103 e. The summed E-state index contributed by atoms with van der Waals surface area (Å²) in [7, 11) is 0. The van der Waals surface area contributed by atoms with Crippen LogP contribution in [0.2, 0.25) is 0 Å². The largest absolute Gasteiger partial charge is 0.367 e. The van der Waals surface area contributed by atoms with E-state index in [2.05, 4.69) is 84.5 Å². The standard InChI is InChI=1S/C14H22.C11H22OS.C2H6/c1-5-12(11-14(2,3)4)13-9-7-6-8-10-13;1-9(2)8-12-11(13)10-6-4-3-5-7-10;1-2/h6-10,12H,5,11H2,1-4H3;9-11,13H,3-8H2,1-2H3;1-2H3. The summed E-state index contributed by atoms with van der Waals surface area (Å²) in [5.74, 6) is 2.05. The smallest absolute Gasteiger partial charge is 0.103 e. The molecule has 170 valence electrons. The van der Waals surface area contributed by atoms with Crippen LogP contribution in [0.25, 0.3) is 0 Å². The second kappa shape index (κ2) is 16.3. The molecular weight excluding hydrogens is 372 g/mol. The molecule has 1 fully saturated rings. The van der Waals surface area contributed by atoms with E-state index in [4.69, 9.17) is 4.74 Å². The van der Waals surface area contributed by atoms with Crippen LogP contribution in [0, 0.1) is 17.3 Å². The van der Waals surface area contributed by atoms with Crippen molar-refractivity contribution in [1.29, 1.82) is 0 Å². The van der Waals surface area contributed by atoms with Crippen molar-refractivity contribution in [2.75, 3.05) is 6.61 Å². The van der Waals surface area contributed by atoms with E-state index in [0.717, 1.165) is 12.5 Å². The van der Waals surface area contributed by atoms with E-state index in [0.29, 0.717) is 17.3 Å². The lowest BCUT2D eigenvalue weighted by Crippen LogP contribution is -2.22. The van der Waals surface area contributed by atoms with Gasteiger partial charge in [0, 0.05) is 0 Å². The van der Waals surface area contributed by atoms with Crippen LogP contribution < -0.4 is 0 Å². The third kappa shape index (κ3) is 14.2. The van der Waals surface area contributed by atoms with Crippen molar-refractivity contribution in [3.8, 4) is 0 Å². The number of benzene rings is 1. The fraction of sp³-hybridized carbons (Fsp3) is 0.778. The first-order chi connectivity index (χ1) is 13.7. The third-order valence-electron chi connectivity index (χ3n) is 5.28. The number of ether oxygens (including phenoxy) is 1. The molecule has 2 unspecified atom stereocenters. The first kappa shape index (κ1) is 28.5. The first-order valence-corrected chi connectivity index (χ1v) is 12.6. The summed E-state index contributed by atoms with van der Waals surface area (Å²) < 4.78 is 5.71. The zero-order valence-electron chi connectivity index (χ0n) is 20.7. The Labute approximate surface area is 188 Å². The zero-order chi connectivity index (χ0) is 22.3. The van der Waals surface area contributed by atoms with Crippen LogP contribution in [-0.2, 0) is 4.74 Å². The van der Waals surface area contributed by atoms with E-state index >= 15 is 0 Å². The SMILES string of the molecule is CC.CC(C)COC(S)C1CCCCC1.CCC(CC(C)(C)C)c1ccccc1. The van der Waals surface area contributed by atoms with Crippen molar-refractivity contribution in [1.82, 2.24) is 0 Å². The summed E-state index contributed by atoms with van der Waals surface area (Å²) in [4.78, 5) is 0. The molecule has 1 aliphatic carbocycles. The van der Waals surface area contributed by atoms with Gasteiger partial charge in [-0.1, -0.05) is 105 Å². The normalized spacial score (nSPS) is 16.9. The Balaban J connectivity index is 0.000000499. The average molecular weight is 423 g/mol. The van der Waals surface area contributed by atoms with E-state index in [1.165, 1.54) is 50.5 Å². The highest BCUT2D eigenvalue weighted by molar-refractivity contribution is 7.80. The molecule has 29 heavy (non-hydrogen) atoms. The molecule has 0 spiro atoms. The zero-order valence-corrected chi connectivity index (χ0v) is 21.6. The Morgan fingerprint density at radius 1 is 1.00 bits per heavy atom. The Bertz CT molecular complexity index is 471. The Morgan fingerprint density at radius 2 is 1.55 bits per heavy atom. The van der Waals surface area contributed by atoms with Crippen LogP contribution >= 0.6 is 12.6 Å². The third-order valence-corrected chi connectivity index (χ3v) is 5.85. The van der Waals surface area contributed by atoms with Crippen LogP contribution in [-0.4, -0.2) is 12.0 Å². The van der Waals surface area contributed by atoms with Crippen LogP contribution in [0.4, 0.5) is 0 Å². The molecular formula is C27H50OS. The molecule has 0 saturated heterocycles. The van der Waals surface area contributed by atoms with Gasteiger partial charge in [-0.3, -0.25) is 0 Å². The van der Waals surface area contributed by atoms with E-state index in [9.17, 15) is 0 Å². The molecule has 0 amide bonds. The maximum absolute atomic E-state index is 5.71. The second-order valence-corrected chi connectivity index (χ2v) is 10.3. The van der Waals surface area contributed by atoms with Crippen LogP contribution in [0.3, 0.4) is 0 Å². The minimum Gasteiger partial charge on any atom is -0.367 e. The molecule has 1 aliphatic rings. The van der Waals surface area contributed by atoms with Crippen LogP contribution in [0.15, 0.2) is 30.3 Å². The molecule has 2 heteroatoms. The van der Waals surface area contributed by atoms with Gasteiger partial charge in [-0.15, -0.1) is 12.6 Å². The summed E-state index contributed by atoms with van der Waals surface area (Å²) >= 11 is 4.53. The van der Waals surface area contributed by atoms with Gasteiger partial charge in [0.1, 0.15) is 5.44 Å². The molecule has 2 atom stereocenters. The van der Waals surface area contributed by atoms with E-state index in [1.807, 2.05) is 13.8 Å². The highest BCUT2D eigenvalue weighted by atomic mass is 32.1. The molecule has 0 radical (unpaired) electrons. The predicted octanol–water partition coefficient (Wildman–Crippen LogP) is 9.14. The topological polar surface area (TPSA) is 9.23 Å². The fourth-order valence-electron chi connectivity index (χ4n) is 3.81. The molecule has 0 N–H and O–H groups in total. The van der Waals surface area contributed by atoms with Crippen LogP contribution in [0.5, 0.6) is 0 Å². The highest BCUT2D eigenvalue weighted by Gasteiger charge is 2.21. The van der Waals surface area contributed by atoms with Gasteiger partial charge in [-0.05, 0) is 54.4 Å². The summed E-state index contributed by atoms with van der Waals surface area (Å²) in [5.41, 5.74) is 2.10. The number of rotatable bonds is 7. The summed E-state index contributed by atoms with van der Waals surface area (Å²) in [5, 5.41) is 0. The van der Waals surface area contributed by atoms with Crippen molar-refractivity contribution in [2.45, 2.75) is 112 Å². The number of hydrogen-bond donors (Lipinski definition) is 1. The minimum atomic E-state index is 0.183. The van der Waals surface area contributed by atoms with E-state index in [1.54, 1.807) is 0 Å². The van der Waals surface area contributed by atoms with E-state index in [-0.39, 0.29) is 5.44 Å². The summed E-state index contributed by atoms with van der Waals surface area (Å²) in [6, 6.07) is 10.9. The molecule has 0 aliphatic heterocycles. The molecule has 1 saturated carbocycles. The minimum absolute atomic E-state index is 0.183. The van der Waals surface area contributed by atoms with Gasteiger partial charge in [0.2, 0.25) is 0 Å². The lowest BCUT2D eigenvalue weighted by atomic mass is 9.80. The number of thiol groups is 1. The lowest BCUT2D eigenvalue weighted by molar-refractivity contribution is 0.0450. The molecule has 1 aromatic carbocycles. The van der Waals surface area contributed by atoms with Gasteiger partial charge in [0.05, 0.1) is 6.61 Å². The molecule has 2 rings (SSSR count). The van der Waals surface area contributed by atoms with Crippen molar-refractivity contribution in [3.63, 3.8) is 0 Å². The average Bonchev–Trinajstić information content (AvgIpc) is 2.73. The van der Waals surface area contributed by atoms with Crippen LogP contribution in [0.1, 0.15) is 112 Å². The van der Waals surface area contributed by atoms with Crippen molar-refractivity contribution in [2.24, 2.45) is 17.3 Å². The van der Waals surface area contributed by atoms with Gasteiger partial charge < -0.3 is 4.74 Å². The molecule has 0 heterocycles. The highest BCUT2D eigenvalue weighted by Crippen LogP contribution is 2.33. The van der Waals surface area contributed by atoms with Gasteiger partial charge in [-0.25, -0.2) is 0 Å². The van der Waals surface area contributed by atoms with Gasteiger partial charge in [0.15, 0.2) is 0 Å².